The highest BCUT2D eigenvalue weighted by atomic mass is 16.6. The van der Waals surface area contributed by atoms with Crippen LogP contribution in [0.4, 0.5) is 0 Å². The van der Waals surface area contributed by atoms with Gasteiger partial charge in [-0.2, -0.15) is 5.26 Å². The van der Waals surface area contributed by atoms with Crippen LogP contribution in [0, 0.1) is 11.3 Å². The van der Waals surface area contributed by atoms with Crippen LogP contribution in [-0.4, -0.2) is 19.0 Å². The number of nitrogens with zero attached hydrogens (tertiary/aromatic N) is 1. The maximum atomic E-state index is 12.4. The molecule has 0 unspecified atom stereocenters. The molecule has 0 saturated heterocycles. The summed E-state index contributed by atoms with van der Waals surface area (Å²) in [7, 11) is 1.44. The highest BCUT2D eigenvalue weighted by Gasteiger charge is 2.12. The van der Waals surface area contributed by atoms with Crippen LogP contribution in [0.2, 0.25) is 0 Å². The van der Waals surface area contributed by atoms with Crippen LogP contribution in [-0.2, 0) is 16.1 Å². The standard InChI is InChI=1S/C27H22N2O4/c1-32-25-17-22(16-23(18-28)27(31)29-19-21-10-6-3-7-11-21)12-14-24(25)33-26(30)15-13-20-8-4-2-5-9-20/h2-17H,19H2,1H3,(H,29,31)/b15-13+,23-16+. The Bertz CT molecular complexity index is 1210. The highest BCUT2D eigenvalue weighted by Crippen LogP contribution is 2.29. The van der Waals surface area contributed by atoms with E-state index in [0.717, 1.165) is 11.1 Å². The number of carbonyl (C=O) groups is 2. The second-order valence-corrected chi connectivity index (χ2v) is 6.91. The molecule has 3 aromatic carbocycles. The van der Waals surface area contributed by atoms with Crippen molar-refractivity contribution < 1.29 is 19.1 Å². The summed E-state index contributed by atoms with van der Waals surface area (Å²) in [6, 6.07) is 25.5. The van der Waals surface area contributed by atoms with Crippen molar-refractivity contribution in [3.05, 3.63) is 107 Å². The molecule has 6 heteroatoms. The average molecular weight is 438 g/mol. The fourth-order valence-corrected chi connectivity index (χ4v) is 2.92. The van der Waals surface area contributed by atoms with E-state index in [1.165, 1.54) is 19.3 Å². The van der Waals surface area contributed by atoms with Gasteiger partial charge in [-0.25, -0.2) is 4.79 Å². The molecule has 164 valence electrons. The largest absolute Gasteiger partial charge is 0.493 e. The van der Waals surface area contributed by atoms with Crippen molar-refractivity contribution in [2.45, 2.75) is 6.54 Å². The van der Waals surface area contributed by atoms with Crippen LogP contribution in [0.25, 0.3) is 12.2 Å². The van der Waals surface area contributed by atoms with Crippen molar-refractivity contribution >= 4 is 24.0 Å². The van der Waals surface area contributed by atoms with E-state index in [9.17, 15) is 14.9 Å². The smallest absolute Gasteiger partial charge is 0.336 e. The summed E-state index contributed by atoms with van der Waals surface area (Å²) in [4.78, 5) is 24.6. The average Bonchev–Trinajstić information content (AvgIpc) is 2.86. The van der Waals surface area contributed by atoms with Crippen LogP contribution in [0.15, 0.2) is 90.5 Å². The molecule has 0 fully saturated rings. The molecule has 0 bridgehead atoms. The van der Waals surface area contributed by atoms with Gasteiger partial charge in [0.25, 0.3) is 5.91 Å². The molecule has 6 nitrogen and oxygen atoms in total. The number of ether oxygens (including phenoxy) is 2. The Balaban J connectivity index is 1.69. The van der Waals surface area contributed by atoms with E-state index in [4.69, 9.17) is 9.47 Å². The van der Waals surface area contributed by atoms with E-state index in [-0.39, 0.29) is 11.3 Å². The van der Waals surface area contributed by atoms with Crippen molar-refractivity contribution in [2.24, 2.45) is 0 Å². The molecule has 0 heterocycles. The summed E-state index contributed by atoms with van der Waals surface area (Å²) in [6.07, 6.45) is 4.43. The molecule has 1 N–H and O–H groups in total. The van der Waals surface area contributed by atoms with E-state index in [1.54, 1.807) is 24.3 Å². The number of hydrogen-bond donors (Lipinski definition) is 1. The summed E-state index contributed by atoms with van der Waals surface area (Å²) >= 11 is 0. The number of nitriles is 1. The Morgan fingerprint density at radius 2 is 1.64 bits per heavy atom. The van der Waals surface area contributed by atoms with Crippen LogP contribution >= 0.6 is 0 Å². The van der Waals surface area contributed by atoms with E-state index in [2.05, 4.69) is 5.32 Å². The Labute approximate surface area is 192 Å². The molecule has 0 radical (unpaired) electrons. The lowest BCUT2D eigenvalue weighted by molar-refractivity contribution is -0.129. The number of esters is 1. The van der Waals surface area contributed by atoms with Crippen molar-refractivity contribution in [2.75, 3.05) is 7.11 Å². The number of rotatable bonds is 8. The van der Waals surface area contributed by atoms with Gasteiger partial charge in [-0.1, -0.05) is 66.7 Å². The number of hydrogen-bond acceptors (Lipinski definition) is 5. The predicted octanol–water partition coefficient (Wildman–Crippen LogP) is 4.54. The zero-order chi connectivity index (χ0) is 23.5. The predicted molar refractivity (Wildman–Crippen MR) is 126 cm³/mol. The van der Waals surface area contributed by atoms with Gasteiger partial charge in [0, 0.05) is 12.6 Å². The van der Waals surface area contributed by atoms with Crippen molar-refractivity contribution in [3.8, 4) is 17.6 Å². The molecule has 33 heavy (non-hydrogen) atoms. The summed E-state index contributed by atoms with van der Waals surface area (Å²) in [6.45, 7) is 0.313. The number of amides is 1. The summed E-state index contributed by atoms with van der Waals surface area (Å²) in [5, 5.41) is 12.1. The molecule has 3 aromatic rings. The highest BCUT2D eigenvalue weighted by molar-refractivity contribution is 6.01. The number of nitrogens with one attached hydrogen (secondary N) is 1. The fraction of sp³-hybridized carbons (Fsp3) is 0.0741. The minimum atomic E-state index is -0.557. The molecule has 3 rings (SSSR count). The molecule has 0 aromatic heterocycles. The molecule has 0 spiro atoms. The Morgan fingerprint density at radius 1 is 0.939 bits per heavy atom. The topological polar surface area (TPSA) is 88.4 Å². The van der Waals surface area contributed by atoms with Crippen LogP contribution < -0.4 is 14.8 Å². The minimum absolute atomic E-state index is 0.0523. The lowest BCUT2D eigenvalue weighted by Gasteiger charge is -2.09. The maximum absolute atomic E-state index is 12.4. The Hall–Kier alpha value is -4.63. The van der Waals surface area contributed by atoms with Gasteiger partial charge in [-0.3, -0.25) is 4.79 Å². The zero-order valence-corrected chi connectivity index (χ0v) is 18.0. The van der Waals surface area contributed by atoms with Gasteiger partial charge < -0.3 is 14.8 Å². The van der Waals surface area contributed by atoms with Gasteiger partial charge in [0.15, 0.2) is 11.5 Å². The van der Waals surface area contributed by atoms with Crippen molar-refractivity contribution in [1.29, 1.82) is 5.26 Å². The molecule has 0 saturated carbocycles. The second kappa shape index (κ2) is 11.7. The van der Waals surface area contributed by atoms with Gasteiger partial charge >= 0.3 is 5.97 Å². The van der Waals surface area contributed by atoms with Crippen LogP contribution in [0.5, 0.6) is 11.5 Å². The third-order valence-electron chi connectivity index (χ3n) is 4.58. The lowest BCUT2D eigenvalue weighted by Crippen LogP contribution is -2.23. The first-order valence-corrected chi connectivity index (χ1v) is 10.2. The zero-order valence-electron chi connectivity index (χ0n) is 18.0. The molecule has 0 aliphatic rings. The summed E-state index contributed by atoms with van der Waals surface area (Å²) in [5.74, 6) is -0.517. The molecule has 0 aliphatic heterocycles. The monoisotopic (exact) mass is 438 g/mol. The van der Waals surface area contributed by atoms with E-state index in [0.29, 0.717) is 17.9 Å². The Kier molecular flexibility index (Phi) is 8.15. The first-order valence-electron chi connectivity index (χ1n) is 10.2. The molecule has 0 atom stereocenters. The van der Waals surface area contributed by atoms with Crippen molar-refractivity contribution in [1.82, 2.24) is 5.32 Å². The Morgan fingerprint density at radius 3 is 2.30 bits per heavy atom. The normalized spacial score (nSPS) is 11.0. The first kappa shape index (κ1) is 23.0. The summed E-state index contributed by atoms with van der Waals surface area (Å²) < 4.78 is 10.7. The van der Waals surface area contributed by atoms with Crippen LogP contribution in [0.1, 0.15) is 16.7 Å². The van der Waals surface area contributed by atoms with Gasteiger partial charge in [0.2, 0.25) is 0 Å². The second-order valence-electron chi connectivity index (χ2n) is 6.91. The number of methoxy groups -OCH3 is 1. The van der Waals surface area contributed by atoms with Crippen molar-refractivity contribution in [3.63, 3.8) is 0 Å². The molecule has 1 amide bonds. The first-order chi connectivity index (χ1) is 16.1. The van der Waals surface area contributed by atoms with Gasteiger partial charge in [0.05, 0.1) is 7.11 Å². The van der Waals surface area contributed by atoms with E-state index in [1.807, 2.05) is 66.7 Å². The molecule has 0 aliphatic carbocycles. The van der Waals surface area contributed by atoms with E-state index < -0.39 is 11.9 Å². The molecular weight excluding hydrogens is 416 g/mol. The van der Waals surface area contributed by atoms with Gasteiger partial charge in [-0.15, -0.1) is 0 Å². The molecular formula is C27H22N2O4. The quantitative estimate of drug-likeness (QED) is 0.241. The van der Waals surface area contributed by atoms with Gasteiger partial charge in [0.1, 0.15) is 11.6 Å². The lowest BCUT2D eigenvalue weighted by atomic mass is 10.1. The van der Waals surface area contributed by atoms with Gasteiger partial charge in [-0.05, 0) is 41.0 Å². The third-order valence-corrected chi connectivity index (χ3v) is 4.58. The summed E-state index contributed by atoms with van der Waals surface area (Å²) in [5.41, 5.74) is 2.30. The SMILES string of the molecule is COc1cc(/C=C(\C#N)C(=O)NCc2ccccc2)ccc1OC(=O)/C=C/c1ccccc1. The number of benzene rings is 3. The maximum Gasteiger partial charge on any atom is 0.336 e. The van der Waals surface area contributed by atoms with Crippen LogP contribution in [0.3, 0.4) is 0 Å². The van der Waals surface area contributed by atoms with E-state index >= 15 is 0 Å². The third kappa shape index (κ3) is 6.94. The number of carbonyl (C=O) groups excluding carboxylic acids is 2. The minimum Gasteiger partial charge on any atom is -0.493 e. The fourth-order valence-electron chi connectivity index (χ4n) is 2.92.